The Morgan fingerprint density at radius 2 is 1.95 bits per heavy atom. The van der Waals surface area contributed by atoms with Crippen molar-refractivity contribution in [3.63, 3.8) is 0 Å². The zero-order valence-corrected chi connectivity index (χ0v) is 11.9. The molecule has 1 N–H and O–H groups in total. The number of carboxylic acids is 1. The summed E-state index contributed by atoms with van der Waals surface area (Å²) in [5.41, 5.74) is 2.13. The number of methoxy groups -OCH3 is 1. The molecule has 5 heteroatoms. The van der Waals surface area contributed by atoms with Gasteiger partial charge in [-0.05, 0) is 41.5 Å². The van der Waals surface area contributed by atoms with E-state index in [0.29, 0.717) is 17.5 Å². The van der Waals surface area contributed by atoms with Gasteiger partial charge < -0.3 is 14.6 Å². The van der Waals surface area contributed by atoms with Crippen molar-refractivity contribution in [2.45, 2.75) is 12.5 Å². The number of benzene rings is 2. The third-order valence-corrected chi connectivity index (χ3v) is 3.71. The van der Waals surface area contributed by atoms with Crippen LogP contribution < -0.4 is 4.74 Å². The molecule has 0 fully saturated rings. The highest BCUT2D eigenvalue weighted by atomic mass is 16.5. The number of hydrogen-bond donors (Lipinski definition) is 1. The lowest BCUT2D eigenvalue weighted by Gasteiger charge is -2.25. The van der Waals surface area contributed by atoms with E-state index in [9.17, 15) is 9.59 Å². The standard InChI is InChI=1S/C17H14O5/c1-21-13-5-2-10(3-6-13)15-9-12-8-11(16(18)19)4-7-14(12)17(20)22-15/h2-8,15H,9H2,1H3,(H,18,19). The van der Waals surface area contributed by atoms with Crippen LogP contribution >= 0.6 is 0 Å². The fourth-order valence-corrected chi connectivity index (χ4v) is 2.53. The average Bonchev–Trinajstić information content (AvgIpc) is 2.54. The fraction of sp³-hybridized carbons (Fsp3) is 0.176. The number of ether oxygens (including phenoxy) is 2. The molecule has 0 saturated carbocycles. The van der Waals surface area contributed by atoms with Crippen molar-refractivity contribution in [1.82, 2.24) is 0 Å². The molecule has 2 aromatic carbocycles. The van der Waals surface area contributed by atoms with Gasteiger partial charge in [-0.1, -0.05) is 12.1 Å². The number of esters is 1. The first kappa shape index (κ1) is 14.1. The molecule has 1 heterocycles. The summed E-state index contributed by atoms with van der Waals surface area (Å²) in [6.45, 7) is 0. The first-order valence-electron chi connectivity index (χ1n) is 6.79. The number of carboxylic acid groups (broad SMARTS) is 1. The summed E-state index contributed by atoms with van der Waals surface area (Å²) in [6, 6.07) is 11.7. The molecule has 112 valence electrons. The van der Waals surface area contributed by atoms with E-state index in [0.717, 1.165) is 11.3 Å². The van der Waals surface area contributed by atoms with Crippen LogP contribution in [0.1, 0.15) is 37.9 Å². The molecule has 0 spiro atoms. The molecule has 1 aliphatic heterocycles. The Hall–Kier alpha value is -2.82. The lowest BCUT2D eigenvalue weighted by Crippen LogP contribution is -2.22. The summed E-state index contributed by atoms with van der Waals surface area (Å²) in [7, 11) is 1.58. The number of fused-ring (bicyclic) bond motifs is 1. The Bertz CT molecular complexity index is 733. The monoisotopic (exact) mass is 298 g/mol. The van der Waals surface area contributed by atoms with E-state index >= 15 is 0 Å². The molecule has 0 bridgehead atoms. The molecule has 0 aromatic heterocycles. The quantitative estimate of drug-likeness (QED) is 0.882. The van der Waals surface area contributed by atoms with Gasteiger partial charge in [-0.25, -0.2) is 9.59 Å². The molecule has 1 unspecified atom stereocenters. The predicted molar refractivity (Wildman–Crippen MR) is 78.3 cm³/mol. The average molecular weight is 298 g/mol. The third-order valence-electron chi connectivity index (χ3n) is 3.71. The van der Waals surface area contributed by atoms with Crippen LogP contribution in [0.15, 0.2) is 42.5 Å². The molecule has 22 heavy (non-hydrogen) atoms. The molecule has 0 amide bonds. The maximum atomic E-state index is 12.1. The number of rotatable bonds is 3. The second-order valence-electron chi connectivity index (χ2n) is 5.05. The molecule has 0 saturated heterocycles. The highest BCUT2D eigenvalue weighted by Gasteiger charge is 2.28. The Labute approximate surface area is 127 Å². The fourth-order valence-electron chi connectivity index (χ4n) is 2.53. The summed E-state index contributed by atoms with van der Waals surface area (Å²) in [5.74, 6) is -0.721. The normalized spacial score (nSPS) is 16.6. The van der Waals surface area contributed by atoms with Crippen LogP contribution in [0.3, 0.4) is 0 Å². The lowest BCUT2D eigenvalue weighted by molar-refractivity contribution is 0.0252. The van der Waals surface area contributed by atoms with Crippen molar-refractivity contribution in [2.75, 3.05) is 7.11 Å². The topological polar surface area (TPSA) is 72.8 Å². The summed E-state index contributed by atoms with van der Waals surface area (Å²) < 4.78 is 10.5. The second-order valence-corrected chi connectivity index (χ2v) is 5.05. The highest BCUT2D eigenvalue weighted by Crippen LogP contribution is 2.31. The lowest BCUT2D eigenvalue weighted by atomic mass is 9.93. The minimum atomic E-state index is -1.01. The largest absolute Gasteiger partial charge is 0.497 e. The zero-order valence-electron chi connectivity index (χ0n) is 11.9. The molecular weight excluding hydrogens is 284 g/mol. The number of carbonyl (C=O) groups is 2. The van der Waals surface area contributed by atoms with E-state index in [-0.39, 0.29) is 5.56 Å². The van der Waals surface area contributed by atoms with Gasteiger partial charge in [0.2, 0.25) is 0 Å². The van der Waals surface area contributed by atoms with Gasteiger partial charge in [0, 0.05) is 6.42 Å². The van der Waals surface area contributed by atoms with Crippen molar-refractivity contribution < 1.29 is 24.2 Å². The molecule has 2 aromatic rings. The van der Waals surface area contributed by atoms with Crippen LogP contribution in [0.2, 0.25) is 0 Å². The van der Waals surface area contributed by atoms with E-state index in [1.54, 1.807) is 19.2 Å². The minimum Gasteiger partial charge on any atom is -0.497 e. The Kier molecular flexibility index (Phi) is 3.55. The summed E-state index contributed by atoms with van der Waals surface area (Å²) >= 11 is 0. The molecule has 0 radical (unpaired) electrons. The Morgan fingerprint density at radius 3 is 2.59 bits per heavy atom. The SMILES string of the molecule is COc1ccc(C2Cc3cc(C(=O)O)ccc3C(=O)O2)cc1. The summed E-state index contributed by atoms with van der Waals surface area (Å²) in [4.78, 5) is 23.1. The summed E-state index contributed by atoms with van der Waals surface area (Å²) in [5, 5.41) is 9.06. The maximum absolute atomic E-state index is 12.1. The molecule has 5 nitrogen and oxygen atoms in total. The van der Waals surface area contributed by atoms with Crippen LogP contribution in [0.25, 0.3) is 0 Å². The van der Waals surface area contributed by atoms with E-state index in [1.807, 2.05) is 12.1 Å². The van der Waals surface area contributed by atoms with Crippen LogP contribution in [0.4, 0.5) is 0 Å². The van der Waals surface area contributed by atoms with Crippen molar-refractivity contribution >= 4 is 11.9 Å². The molecular formula is C17H14O5. The van der Waals surface area contributed by atoms with Gasteiger partial charge in [-0.15, -0.1) is 0 Å². The predicted octanol–water partition coefficient (Wildman–Crippen LogP) is 2.85. The number of hydrogen-bond acceptors (Lipinski definition) is 4. The smallest absolute Gasteiger partial charge is 0.339 e. The maximum Gasteiger partial charge on any atom is 0.339 e. The van der Waals surface area contributed by atoms with Gasteiger partial charge in [0.05, 0.1) is 18.2 Å². The Morgan fingerprint density at radius 1 is 1.23 bits per heavy atom. The number of carbonyl (C=O) groups excluding carboxylic acids is 1. The Balaban J connectivity index is 1.93. The van der Waals surface area contributed by atoms with Gasteiger partial charge in [-0.2, -0.15) is 0 Å². The van der Waals surface area contributed by atoms with E-state index in [1.165, 1.54) is 18.2 Å². The van der Waals surface area contributed by atoms with Crippen molar-refractivity contribution in [3.05, 3.63) is 64.7 Å². The van der Waals surface area contributed by atoms with Crippen LogP contribution in [-0.2, 0) is 11.2 Å². The molecule has 3 rings (SSSR count). The van der Waals surface area contributed by atoms with Crippen LogP contribution in [0, 0.1) is 0 Å². The van der Waals surface area contributed by atoms with Crippen molar-refractivity contribution in [3.8, 4) is 5.75 Å². The molecule has 1 atom stereocenters. The van der Waals surface area contributed by atoms with Gasteiger partial charge in [0.15, 0.2) is 0 Å². The van der Waals surface area contributed by atoms with Gasteiger partial charge in [-0.3, -0.25) is 0 Å². The van der Waals surface area contributed by atoms with Gasteiger partial charge in [0.25, 0.3) is 0 Å². The van der Waals surface area contributed by atoms with Gasteiger partial charge >= 0.3 is 11.9 Å². The van der Waals surface area contributed by atoms with Crippen molar-refractivity contribution in [1.29, 1.82) is 0 Å². The van der Waals surface area contributed by atoms with Crippen molar-refractivity contribution in [2.24, 2.45) is 0 Å². The second kappa shape index (κ2) is 5.52. The first-order chi connectivity index (χ1) is 10.6. The van der Waals surface area contributed by atoms with Gasteiger partial charge in [0.1, 0.15) is 11.9 Å². The van der Waals surface area contributed by atoms with Crippen LogP contribution in [-0.4, -0.2) is 24.2 Å². The van der Waals surface area contributed by atoms with E-state index < -0.39 is 18.0 Å². The van der Waals surface area contributed by atoms with E-state index in [4.69, 9.17) is 14.6 Å². The van der Waals surface area contributed by atoms with E-state index in [2.05, 4.69) is 0 Å². The third kappa shape index (κ3) is 2.53. The highest BCUT2D eigenvalue weighted by molar-refractivity contribution is 5.95. The first-order valence-corrected chi connectivity index (χ1v) is 6.79. The minimum absolute atomic E-state index is 0.168. The summed E-state index contributed by atoms with van der Waals surface area (Å²) in [6.07, 6.45) is 0.0316. The zero-order chi connectivity index (χ0) is 15.7. The number of aromatic carboxylic acids is 1. The van der Waals surface area contributed by atoms with Crippen LogP contribution in [0.5, 0.6) is 5.75 Å². The molecule has 0 aliphatic carbocycles. The number of cyclic esters (lactones) is 1. The molecule has 1 aliphatic rings.